The summed E-state index contributed by atoms with van der Waals surface area (Å²) in [4.78, 5) is 15.2. The summed E-state index contributed by atoms with van der Waals surface area (Å²) in [5.41, 5.74) is 2.62. The Morgan fingerprint density at radius 3 is 2.56 bits per heavy atom. The number of benzene rings is 1. The van der Waals surface area contributed by atoms with Crippen molar-refractivity contribution < 1.29 is 4.79 Å². The Hall–Kier alpha value is -1.39. The minimum absolute atomic E-state index is 0.186. The Morgan fingerprint density at radius 1 is 1.16 bits per heavy atom. The predicted molar refractivity (Wildman–Crippen MR) is 100 cm³/mol. The maximum absolute atomic E-state index is 13.1. The fraction of sp³-hybridized carbons (Fsp3) is 0.667. The first kappa shape index (κ1) is 17.0. The number of hydrogen-bond acceptors (Lipinski definition) is 3. The van der Waals surface area contributed by atoms with Crippen molar-refractivity contribution in [1.82, 2.24) is 15.5 Å². The number of hydrogen-bond donors (Lipinski definition) is 2. The second-order valence-corrected chi connectivity index (χ2v) is 8.08. The van der Waals surface area contributed by atoms with Crippen molar-refractivity contribution in [2.75, 3.05) is 19.6 Å². The molecular weight excluding hydrogens is 310 g/mol. The van der Waals surface area contributed by atoms with E-state index in [-0.39, 0.29) is 6.04 Å². The van der Waals surface area contributed by atoms with Crippen molar-refractivity contribution >= 4 is 5.91 Å². The SMILES string of the molecule is CCc1ccc(C2CNCCN2C(=O)CC2CC3CCC(C2)N3)cc1. The van der Waals surface area contributed by atoms with Crippen LogP contribution in [-0.4, -0.2) is 42.5 Å². The maximum Gasteiger partial charge on any atom is 0.223 e. The van der Waals surface area contributed by atoms with Crippen LogP contribution in [0.15, 0.2) is 24.3 Å². The lowest BCUT2D eigenvalue weighted by Gasteiger charge is -2.38. The number of amides is 1. The van der Waals surface area contributed by atoms with Crippen molar-refractivity contribution in [3.05, 3.63) is 35.4 Å². The van der Waals surface area contributed by atoms with Gasteiger partial charge in [0.1, 0.15) is 0 Å². The van der Waals surface area contributed by atoms with Gasteiger partial charge in [0, 0.05) is 38.1 Å². The van der Waals surface area contributed by atoms with Gasteiger partial charge in [-0.15, -0.1) is 0 Å². The van der Waals surface area contributed by atoms with Crippen LogP contribution in [0.3, 0.4) is 0 Å². The monoisotopic (exact) mass is 341 g/mol. The van der Waals surface area contributed by atoms with Gasteiger partial charge in [0.05, 0.1) is 6.04 Å². The molecule has 3 aliphatic rings. The van der Waals surface area contributed by atoms with Crippen LogP contribution in [0.25, 0.3) is 0 Å². The van der Waals surface area contributed by atoms with Crippen molar-refractivity contribution in [1.29, 1.82) is 0 Å². The Bertz CT molecular complexity index is 588. The highest BCUT2D eigenvalue weighted by atomic mass is 16.2. The standard InChI is InChI=1S/C21H31N3O/c1-2-15-3-5-17(6-4-15)20-14-22-9-10-24(20)21(25)13-16-11-18-7-8-19(12-16)23-18/h3-6,16,18-20,22-23H,2,7-14H2,1H3. The summed E-state index contributed by atoms with van der Waals surface area (Å²) in [6, 6.07) is 10.3. The molecule has 1 amide bonds. The number of fused-ring (bicyclic) bond motifs is 2. The molecule has 3 aliphatic heterocycles. The molecule has 3 unspecified atom stereocenters. The molecule has 0 saturated carbocycles. The highest BCUT2D eigenvalue weighted by molar-refractivity contribution is 5.77. The number of carbonyl (C=O) groups excluding carboxylic acids is 1. The second kappa shape index (κ2) is 7.46. The van der Waals surface area contributed by atoms with E-state index in [2.05, 4.69) is 46.7 Å². The number of piperazine rings is 1. The Kier molecular flexibility index (Phi) is 5.09. The van der Waals surface area contributed by atoms with E-state index in [1.165, 1.54) is 36.8 Å². The highest BCUT2D eigenvalue weighted by Gasteiger charge is 2.36. The molecular formula is C21H31N3O. The zero-order valence-corrected chi connectivity index (χ0v) is 15.3. The lowest BCUT2D eigenvalue weighted by molar-refractivity contribution is -0.135. The zero-order valence-electron chi connectivity index (χ0n) is 15.3. The number of aryl methyl sites for hydroxylation is 1. The Balaban J connectivity index is 1.43. The van der Waals surface area contributed by atoms with Gasteiger partial charge in [-0.1, -0.05) is 31.2 Å². The summed E-state index contributed by atoms with van der Waals surface area (Å²) in [6.07, 6.45) is 6.77. The minimum Gasteiger partial charge on any atom is -0.333 e. The molecule has 1 aromatic rings. The molecule has 4 heteroatoms. The number of rotatable bonds is 4. The molecule has 3 atom stereocenters. The van der Waals surface area contributed by atoms with E-state index in [1.807, 2.05) is 0 Å². The molecule has 0 aromatic heterocycles. The fourth-order valence-electron chi connectivity index (χ4n) is 4.98. The number of nitrogens with zero attached hydrogens (tertiary/aromatic N) is 1. The first-order chi connectivity index (χ1) is 12.2. The van der Waals surface area contributed by atoms with Crippen molar-refractivity contribution in [3.8, 4) is 0 Å². The van der Waals surface area contributed by atoms with Gasteiger partial charge in [0.15, 0.2) is 0 Å². The summed E-state index contributed by atoms with van der Waals surface area (Å²) in [5.74, 6) is 0.932. The highest BCUT2D eigenvalue weighted by Crippen LogP contribution is 2.34. The molecule has 2 N–H and O–H groups in total. The van der Waals surface area contributed by atoms with Gasteiger partial charge >= 0.3 is 0 Å². The van der Waals surface area contributed by atoms with Gasteiger partial charge in [-0.25, -0.2) is 0 Å². The van der Waals surface area contributed by atoms with E-state index in [4.69, 9.17) is 0 Å². The van der Waals surface area contributed by atoms with E-state index in [1.54, 1.807) is 0 Å². The van der Waals surface area contributed by atoms with Crippen LogP contribution >= 0.6 is 0 Å². The van der Waals surface area contributed by atoms with Gasteiger partial charge in [-0.05, 0) is 49.1 Å². The van der Waals surface area contributed by atoms with Crippen molar-refractivity contribution in [2.45, 2.75) is 63.6 Å². The summed E-state index contributed by atoms with van der Waals surface area (Å²) in [6.45, 7) is 4.79. The lowest BCUT2D eigenvalue weighted by atomic mass is 9.88. The van der Waals surface area contributed by atoms with E-state index >= 15 is 0 Å². The summed E-state index contributed by atoms with van der Waals surface area (Å²) in [7, 11) is 0. The zero-order chi connectivity index (χ0) is 17.2. The molecule has 3 heterocycles. The maximum atomic E-state index is 13.1. The molecule has 0 radical (unpaired) electrons. The molecule has 0 spiro atoms. The quantitative estimate of drug-likeness (QED) is 0.885. The third-order valence-electron chi connectivity index (χ3n) is 6.37. The molecule has 4 nitrogen and oxygen atoms in total. The lowest BCUT2D eigenvalue weighted by Crippen LogP contribution is -2.49. The normalized spacial score (nSPS) is 32.0. The largest absolute Gasteiger partial charge is 0.333 e. The molecule has 3 fully saturated rings. The van der Waals surface area contributed by atoms with E-state index < -0.39 is 0 Å². The topological polar surface area (TPSA) is 44.4 Å². The average molecular weight is 341 g/mol. The van der Waals surface area contributed by atoms with E-state index in [0.29, 0.717) is 23.9 Å². The molecule has 2 bridgehead atoms. The van der Waals surface area contributed by atoms with Crippen LogP contribution in [-0.2, 0) is 11.2 Å². The number of piperidine rings is 1. The minimum atomic E-state index is 0.186. The Morgan fingerprint density at radius 2 is 1.88 bits per heavy atom. The fourth-order valence-corrected chi connectivity index (χ4v) is 4.98. The second-order valence-electron chi connectivity index (χ2n) is 8.08. The number of nitrogens with one attached hydrogen (secondary N) is 2. The first-order valence-electron chi connectivity index (χ1n) is 10.1. The molecule has 4 rings (SSSR count). The average Bonchev–Trinajstić information content (AvgIpc) is 3.00. The van der Waals surface area contributed by atoms with Gasteiger partial charge in [-0.3, -0.25) is 4.79 Å². The van der Waals surface area contributed by atoms with Crippen molar-refractivity contribution in [2.24, 2.45) is 5.92 Å². The molecule has 25 heavy (non-hydrogen) atoms. The van der Waals surface area contributed by atoms with Crippen LogP contribution in [0, 0.1) is 5.92 Å². The van der Waals surface area contributed by atoms with Crippen LogP contribution in [0.1, 0.15) is 56.2 Å². The third-order valence-corrected chi connectivity index (χ3v) is 6.37. The molecule has 3 saturated heterocycles. The summed E-state index contributed by atoms with van der Waals surface area (Å²) >= 11 is 0. The smallest absolute Gasteiger partial charge is 0.223 e. The van der Waals surface area contributed by atoms with Crippen LogP contribution in [0.4, 0.5) is 0 Å². The van der Waals surface area contributed by atoms with E-state index in [9.17, 15) is 4.79 Å². The van der Waals surface area contributed by atoms with Gasteiger partial charge in [0.2, 0.25) is 5.91 Å². The predicted octanol–water partition coefficient (Wildman–Crippen LogP) is 2.64. The Labute approximate surface area is 151 Å². The molecule has 0 aliphatic carbocycles. The summed E-state index contributed by atoms with van der Waals surface area (Å²) < 4.78 is 0. The van der Waals surface area contributed by atoms with Crippen LogP contribution in [0.2, 0.25) is 0 Å². The number of carbonyl (C=O) groups is 1. The third kappa shape index (κ3) is 3.75. The van der Waals surface area contributed by atoms with Gasteiger partial charge in [-0.2, -0.15) is 0 Å². The van der Waals surface area contributed by atoms with Gasteiger partial charge in [0.25, 0.3) is 0 Å². The molecule has 136 valence electrons. The van der Waals surface area contributed by atoms with Crippen molar-refractivity contribution in [3.63, 3.8) is 0 Å². The summed E-state index contributed by atoms with van der Waals surface area (Å²) in [5, 5.41) is 7.15. The van der Waals surface area contributed by atoms with Crippen LogP contribution < -0.4 is 10.6 Å². The first-order valence-corrected chi connectivity index (χ1v) is 10.1. The molecule has 1 aromatic carbocycles. The van der Waals surface area contributed by atoms with E-state index in [0.717, 1.165) is 32.5 Å². The van der Waals surface area contributed by atoms with Gasteiger partial charge < -0.3 is 15.5 Å². The van der Waals surface area contributed by atoms with Crippen LogP contribution in [0.5, 0.6) is 0 Å².